The monoisotopic (exact) mass is 291 g/mol. The van der Waals surface area contributed by atoms with E-state index < -0.39 is 16.1 Å². The highest BCUT2D eigenvalue weighted by molar-refractivity contribution is 7.91. The average molecular weight is 291 g/mol. The fourth-order valence-corrected chi connectivity index (χ4v) is 3.79. The van der Waals surface area contributed by atoms with Crippen molar-refractivity contribution in [2.45, 2.75) is 23.7 Å². The first-order chi connectivity index (χ1) is 8.27. The number of sulfonamides is 1. The van der Waals surface area contributed by atoms with Crippen LogP contribution in [-0.2, 0) is 21.4 Å². The second kappa shape index (κ2) is 5.79. The number of nitrogens with two attached hydrogens (primary N) is 1. The summed E-state index contributed by atoms with van der Waals surface area (Å²) in [5, 5.41) is 0. The maximum absolute atomic E-state index is 12.0. The van der Waals surface area contributed by atoms with Crippen molar-refractivity contribution >= 4 is 27.3 Å². The molecule has 18 heavy (non-hydrogen) atoms. The lowest BCUT2D eigenvalue weighted by Crippen LogP contribution is -2.43. The molecule has 0 aliphatic heterocycles. The van der Waals surface area contributed by atoms with Crippen molar-refractivity contribution in [3.05, 3.63) is 17.0 Å². The Bertz CT molecular complexity index is 522. The van der Waals surface area contributed by atoms with Crippen LogP contribution in [0.5, 0.6) is 0 Å². The Morgan fingerprint density at radius 3 is 2.56 bits per heavy atom. The predicted molar refractivity (Wildman–Crippen MR) is 70.7 cm³/mol. The molecule has 0 aromatic carbocycles. The molecule has 0 saturated carbocycles. The molecule has 0 fully saturated rings. The van der Waals surface area contributed by atoms with Gasteiger partial charge in [0.2, 0.25) is 5.91 Å². The lowest BCUT2D eigenvalue weighted by molar-refractivity contribution is -0.130. The molecule has 1 amide bonds. The summed E-state index contributed by atoms with van der Waals surface area (Å²) in [6, 6.07) is 2.35. The SMILES string of the molecule is CC(NS(=O)(=O)c1ccc(CN)s1)C(=O)N(C)C. The van der Waals surface area contributed by atoms with Crippen molar-refractivity contribution < 1.29 is 13.2 Å². The van der Waals surface area contributed by atoms with Crippen molar-refractivity contribution in [1.29, 1.82) is 0 Å². The van der Waals surface area contributed by atoms with Crippen LogP contribution < -0.4 is 10.5 Å². The zero-order valence-electron chi connectivity index (χ0n) is 10.5. The van der Waals surface area contributed by atoms with E-state index in [0.717, 1.165) is 16.2 Å². The van der Waals surface area contributed by atoms with E-state index in [2.05, 4.69) is 4.72 Å². The van der Waals surface area contributed by atoms with E-state index in [-0.39, 0.29) is 10.1 Å². The number of rotatable bonds is 5. The Morgan fingerprint density at radius 1 is 1.50 bits per heavy atom. The third kappa shape index (κ3) is 3.52. The van der Waals surface area contributed by atoms with Crippen molar-refractivity contribution in [3.63, 3.8) is 0 Å². The molecular weight excluding hydrogens is 274 g/mol. The number of nitrogens with one attached hydrogen (secondary N) is 1. The zero-order chi connectivity index (χ0) is 13.9. The molecule has 8 heteroatoms. The van der Waals surface area contributed by atoms with E-state index >= 15 is 0 Å². The van der Waals surface area contributed by atoms with Crippen molar-refractivity contribution in [2.75, 3.05) is 14.1 Å². The van der Waals surface area contributed by atoms with E-state index in [1.165, 1.54) is 17.9 Å². The summed E-state index contributed by atoms with van der Waals surface area (Å²) in [6.45, 7) is 1.81. The first kappa shape index (κ1) is 15.1. The van der Waals surface area contributed by atoms with E-state index in [1.54, 1.807) is 20.2 Å². The van der Waals surface area contributed by atoms with Crippen molar-refractivity contribution in [2.24, 2.45) is 5.73 Å². The predicted octanol–water partition coefficient (Wildman–Crippen LogP) is -0.0382. The standard InChI is InChI=1S/C10H17N3O3S2/c1-7(10(14)13(2)3)12-18(15,16)9-5-4-8(6-11)17-9/h4-5,7,12H,6,11H2,1-3H3. The summed E-state index contributed by atoms with van der Waals surface area (Å²) in [4.78, 5) is 13.7. The Labute approximate surface area is 111 Å². The molecule has 0 radical (unpaired) electrons. The van der Waals surface area contributed by atoms with Gasteiger partial charge in [0.25, 0.3) is 10.0 Å². The molecule has 1 atom stereocenters. The maximum Gasteiger partial charge on any atom is 0.250 e. The van der Waals surface area contributed by atoms with Crippen LogP contribution in [-0.4, -0.2) is 39.4 Å². The molecule has 102 valence electrons. The fraction of sp³-hybridized carbons (Fsp3) is 0.500. The van der Waals surface area contributed by atoms with Gasteiger partial charge >= 0.3 is 0 Å². The molecule has 0 spiro atoms. The summed E-state index contributed by atoms with van der Waals surface area (Å²) in [5.41, 5.74) is 5.43. The van der Waals surface area contributed by atoms with Crippen LogP contribution in [0.4, 0.5) is 0 Å². The van der Waals surface area contributed by atoms with E-state index in [4.69, 9.17) is 5.73 Å². The van der Waals surface area contributed by atoms with Gasteiger partial charge in [0.05, 0.1) is 6.04 Å². The summed E-state index contributed by atoms with van der Waals surface area (Å²) < 4.78 is 26.5. The normalized spacial score (nSPS) is 13.3. The number of nitrogens with zero attached hydrogens (tertiary/aromatic N) is 1. The number of hydrogen-bond acceptors (Lipinski definition) is 5. The van der Waals surface area contributed by atoms with Crippen LogP contribution in [0.1, 0.15) is 11.8 Å². The zero-order valence-corrected chi connectivity index (χ0v) is 12.1. The van der Waals surface area contributed by atoms with E-state index in [9.17, 15) is 13.2 Å². The Hall–Kier alpha value is -0.960. The minimum Gasteiger partial charge on any atom is -0.347 e. The third-order valence-electron chi connectivity index (χ3n) is 2.25. The number of carbonyl (C=O) groups is 1. The van der Waals surface area contributed by atoms with E-state index in [1.807, 2.05) is 0 Å². The summed E-state index contributed by atoms with van der Waals surface area (Å²) >= 11 is 1.10. The largest absolute Gasteiger partial charge is 0.347 e. The lowest BCUT2D eigenvalue weighted by Gasteiger charge is -2.17. The van der Waals surface area contributed by atoms with Crippen LogP contribution in [0.15, 0.2) is 16.3 Å². The number of likely N-dealkylation sites (N-methyl/N-ethyl adjacent to an activating group) is 1. The third-order valence-corrected chi connectivity index (χ3v) is 5.39. The Morgan fingerprint density at radius 2 is 2.11 bits per heavy atom. The minimum absolute atomic E-state index is 0.168. The van der Waals surface area contributed by atoms with Crippen LogP contribution in [0.3, 0.4) is 0 Å². The summed E-state index contributed by atoms with van der Waals surface area (Å²) in [5.74, 6) is -0.297. The van der Waals surface area contributed by atoms with Crippen LogP contribution in [0, 0.1) is 0 Å². The number of amides is 1. The molecule has 0 aliphatic rings. The minimum atomic E-state index is -3.66. The molecule has 6 nitrogen and oxygen atoms in total. The summed E-state index contributed by atoms with van der Waals surface area (Å²) in [6.07, 6.45) is 0. The highest BCUT2D eigenvalue weighted by Gasteiger charge is 2.24. The maximum atomic E-state index is 12.0. The second-order valence-corrected chi connectivity index (χ2v) is 7.11. The molecular formula is C10H17N3O3S2. The molecule has 0 saturated heterocycles. The van der Waals surface area contributed by atoms with Gasteiger partial charge in [-0.15, -0.1) is 11.3 Å². The Kier molecular flexibility index (Phi) is 4.85. The van der Waals surface area contributed by atoms with Gasteiger partial charge in [-0.05, 0) is 19.1 Å². The fourth-order valence-electron chi connectivity index (χ4n) is 1.34. The highest BCUT2D eigenvalue weighted by atomic mass is 32.2. The van der Waals surface area contributed by atoms with Crippen molar-refractivity contribution in [3.8, 4) is 0 Å². The molecule has 1 unspecified atom stereocenters. The molecule has 1 heterocycles. The number of carbonyl (C=O) groups excluding carboxylic acids is 1. The average Bonchev–Trinajstić information content (AvgIpc) is 2.76. The molecule has 0 bridgehead atoms. The quantitative estimate of drug-likeness (QED) is 0.796. The molecule has 1 aromatic rings. The van der Waals surface area contributed by atoms with Crippen LogP contribution in [0.2, 0.25) is 0 Å². The summed E-state index contributed by atoms with van der Waals surface area (Å²) in [7, 11) is -0.513. The van der Waals surface area contributed by atoms with Gasteiger partial charge in [-0.2, -0.15) is 4.72 Å². The molecule has 0 aliphatic carbocycles. The van der Waals surface area contributed by atoms with E-state index in [0.29, 0.717) is 6.54 Å². The van der Waals surface area contributed by atoms with Gasteiger partial charge in [0.1, 0.15) is 4.21 Å². The van der Waals surface area contributed by atoms with Gasteiger partial charge in [0, 0.05) is 25.5 Å². The Balaban J connectivity index is 2.85. The molecule has 1 aromatic heterocycles. The number of thiophene rings is 1. The molecule has 1 rings (SSSR count). The van der Waals surface area contributed by atoms with Crippen molar-refractivity contribution in [1.82, 2.24) is 9.62 Å². The smallest absolute Gasteiger partial charge is 0.250 e. The second-order valence-electron chi connectivity index (χ2n) is 4.00. The van der Waals surface area contributed by atoms with Crippen LogP contribution in [0.25, 0.3) is 0 Å². The van der Waals surface area contributed by atoms with Gasteiger partial charge in [-0.25, -0.2) is 8.42 Å². The topological polar surface area (TPSA) is 92.5 Å². The first-order valence-corrected chi connectivity index (χ1v) is 7.60. The molecule has 3 N–H and O–H groups in total. The lowest BCUT2D eigenvalue weighted by atomic mass is 10.3. The van der Waals surface area contributed by atoms with Gasteiger partial charge in [0.15, 0.2) is 0 Å². The van der Waals surface area contributed by atoms with Gasteiger partial charge in [-0.3, -0.25) is 4.79 Å². The van der Waals surface area contributed by atoms with Gasteiger partial charge in [-0.1, -0.05) is 0 Å². The van der Waals surface area contributed by atoms with Gasteiger partial charge < -0.3 is 10.6 Å². The number of hydrogen-bond donors (Lipinski definition) is 2. The van der Waals surface area contributed by atoms with Crippen LogP contribution >= 0.6 is 11.3 Å². The first-order valence-electron chi connectivity index (χ1n) is 5.30. The highest BCUT2D eigenvalue weighted by Crippen LogP contribution is 2.21.